The first-order valence-corrected chi connectivity index (χ1v) is 14.3. The van der Waals surface area contributed by atoms with E-state index in [4.69, 9.17) is 17.2 Å². The lowest BCUT2D eigenvalue weighted by Gasteiger charge is -2.35. The number of primary amides is 1. The van der Waals surface area contributed by atoms with Gasteiger partial charge in [0.15, 0.2) is 17.3 Å². The fraction of sp³-hybridized carbons (Fsp3) is 0.229. The number of nitrogens with two attached hydrogens (primary N) is 3. The number of guanidine groups is 1. The summed E-state index contributed by atoms with van der Waals surface area (Å²) in [5.41, 5.74) is 19.5. The minimum atomic E-state index is -1.65. The van der Waals surface area contributed by atoms with Gasteiger partial charge < -0.3 is 17.2 Å². The number of nitrogens with one attached hydrogen (secondary N) is 1. The standard InChI is InChI=1S/C35H39N5O2/c36-33(42)35(23-13-24-39-34(37)38,32(41)31(28-18-9-3-10-19-28)29-20-11-4-12-21-29)40-25-22-30(26-14-5-1-6-15-26)27-16-7-2-8-17-27/h1-12,14-21,30-31,40H,13,22-25H2,(H2,36,42)(H4,37,38,39)/t35-/m1/s1. The first kappa shape index (κ1) is 30.2. The highest BCUT2D eigenvalue weighted by Crippen LogP contribution is 2.33. The lowest BCUT2D eigenvalue weighted by molar-refractivity contribution is -0.136. The van der Waals surface area contributed by atoms with Gasteiger partial charge in [-0.2, -0.15) is 0 Å². The van der Waals surface area contributed by atoms with E-state index in [1.54, 1.807) is 0 Å². The third-order valence-electron chi connectivity index (χ3n) is 7.64. The van der Waals surface area contributed by atoms with Crippen LogP contribution in [-0.2, 0) is 9.59 Å². The first-order valence-electron chi connectivity index (χ1n) is 14.3. The number of hydrogen-bond donors (Lipinski definition) is 4. The summed E-state index contributed by atoms with van der Waals surface area (Å²) in [5.74, 6) is -1.70. The van der Waals surface area contributed by atoms with E-state index in [9.17, 15) is 9.59 Å². The molecule has 0 aliphatic heterocycles. The van der Waals surface area contributed by atoms with E-state index in [2.05, 4.69) is 34.6 Å². The molecule has 4 rings (SSSR count). The molecule has 216 valence electrons. The molecular weight excluding hydrogens is 522 g/mol. The number of carbonyl (C=O) groups is 2. The Morgan fingerprint density at radius 3 is 1.50 bits per heavy atom. The molecule has 7 N–H and O–H groups in total. The Labute approximate surface area is 247 Å². The summed E-state index contributed by atoms with van der Waals surface area (Å²) in [6.07, 6.45) is 1.18. The number of Topliss-reactive ketones (excluding diaryl/α,β-unsaturated/α-hetero) is 1. The van der Waals surface area contributed by atoms with E-state index in [1.165, 1.54) is 0 Å². The summed E-state index contributed by atoms with van der Waals surface area (Å²) >= 11 is 0. The van der Waals surface area contributed by atoms with Gasteiger partial charge in [0, 0.05) is 12.5 Å². The van der Waals surface area contributed by atoms with E-state index in [0.717, 1.165) is 22.3 Å². The molecule has 0 aliphatic rings. The predicted octanol–water partition coefficient (Wildman–Crippen LogP) is 4.48. The number of ketones is 1. The number of benzene rings is 4. The average Bonchev–Trinajstić information content (AvgIpc) is 3.02. The Morgan fingerprint density at radius 2 is 1.10 bits per heavy atom. The molecule has 0 unspecified atom stereocenters. The fourth-order valence-corrected chi connectivity index (χ4v) is 5.54. The van der Waals surface area contributed by atoms with Crippen molar-refractivity contribution in [3.8, 4) is 0 Å². The zero-order valence-electron chi connectivity index (χ0n) is 23.7. The quantitative estimate of drug-likeness (QED) is 0.0734. The van der Waals surface area contributed by atoms with E-state index in [-0.39, 0.29) is 30.6 Å². The molecule has 0 fully saturated rings. The van der Waals surface area contributed by atoms with Gasteiger partial charge in [-0.3, -0.25) is 19.9 Å². The molecule has 0 radical (unpaired) electrons. The van der Waals surface area contributed by atoms with Gasteiger partial charge in [-0.05, 0) is 48.1 Å². The molecule has 7 nitrogen and oxygen atoms in total. The van der Waals surface area contributed by atoms with Gasteiger partial charge in [0.05, 0.1) is 5.92 Å². The van der Waals surface area contributed by atoms with E-state index in [0.29, 0.717) is 19.4 Å². The van der Waals surface area contributed by atoms with Crippen molar-refractivity contribution in [1.29, 1.82) is 0 Å². The molecule has 7 heteroatoms. The van der Waals surface area contributed by atoms with Gasteiger partial charge in [0.1, 0.15) is 0 Å². The molecule has 4 aromatic carbocycles. The smallest absolute Gasteiger partial charge is 0.245 e. The molecule has 0 heterocycles. The van der Waals surface area contributed by atoms with E-state index < -0.39 is 17.4 Å². The van der Waals surface area contributed by atoms with Gasteiger partial charge in [-0.1, -0.05) is 121 Å². The van der Waals surface area contributed by atoms with Crippen LogP contribution in [0.3, 0.4) is 0 Å². The molecule has 0 aliphatic carbocycles. The molecular formula is C35H39N5O2. The second kappa shape index (κ2) is 14.8. The van der Waals surface area contributed by atoms with Crippen molar-refractivity contribution in [3.63, 3.8) is 0 Å². The van der Waals surface area contributed by atoms with Crippen LogP contribution in [0.5, 0.6) is 0 Å². The maximum Gasteiger partial charge on any atom is 0.245 e. The van der Waals surface area contributed by atoms with E-state index >= 15 is 0 Å². The van der Waals surface area contributed by atoms with Crippen molar-refractivity contribution in [2.75, 3.05) is 13.1 Å². The third-order valence-corrected chi connectivity index (χ3v) is 7.64. The van der Waals surface area contributed by atoms with Crippen molar-refractivity contribution in [3.05, 3.63) is 144 Å². The normalized spacial score (nSPS) is 12.5. The molecule has 0 aromatic heterocycles. The molecule has 1 amide bonds. The highest BCUT2D eigenvalue weighted by atomic mass is 16.2. The van der Waals surface area contributed by atoms with Gasteiger partial charge >= 0.3 is 0 Å². The van der Waals surface area contributed by atoms with E-state index in [1.807, 2.05) is 97.1 Å². The second-order valence-electron chi connectivity index (χ2n) is 10.4. The number of rotatable bonds is 15. The van der Waals surface area contributed by atoms with Crippen LogP contribution in [0.2, 0.25) is 0 Å². The zero-order valence-corrected chi connectivity index (χ0v) is 23.7. The Morgan fingerprint density at radius 1 is 0.667 bits per heavy atom. The predicted molar refractivity (Wildman–Crippen MR) is 169 cm³/mol. The lowest BCUT2D eigenvalue weighted by atomic mass is 9.75. The summed E-state index contributed by atoms with van der Waals surface area (Å²) in [4.78, 5) is 32.2. The van der Waals surface area contributed by atoms with Gasteiger partial charge in [-0.15, -0.1) is 0 Å². The van der Waals surface area contributed by atoms with Gasteiger partial charge in [0.25, 0.3) is 0 Å². The largest absolute Gasteiger partial charge is 0.370 e. The minimum Gasteiger partial charge on any atom is -0.370 e. The summed E-state index contributed by atoms with van der Waals surface area (Å²) in [7, 11) is 0. The summed E-state index contributed by atoms with van der Waals surface area (Å²) in [6.45, 7) is 0.645. The van der Waals surface area contributed by atoms with Crippen LogP contribution in [0.4, 0.5) is 0 Å². The number of amides is 1. The highest BCUT2D eigenvalue weighted by molar-refractivity contribution is 6.13. The fourth-order valence-electron chi connectivity index (χ4n) is 5.54. The zero-order chi connectivity index (χ0) is 29.8. The summed E-state index contributed by atoms with van der Waals surface area (Å²) in [5, 5.41) is 3.38. The topological polar surface area (TPSA) is 137 Å². The average molecular weight is 562 g/mol. The molecule has 4 aromatic rings. The summed E-state index contributed by atoms with van der Waals surface area (Å²) < 4.78 is 0. The summed E-state index contributed by atoms with van der Waals surface area (Å²) in [6, 6.07) is 39.4. The van der Waals surface area contributed by atoms with Crippen LogP contribution in [0.25, 0.3) is 0 Å². The second-order valence-corrected chi connectivity index (χ2v) is 10.4. The van der Waals surface area contributed by atoms with Crippen LogP contribution in [0.1, 0.15) is 53.4 Å². The molecule has 0 saturated carbocycles. The van der Waals surface area contributed by atoms with Crippen molar-refractivity contribution < 1.29 is 9.59 Å². The molecule has 0 saturated heterocycles. The molecule has 1 atom stereocenters. The maximum absolute atomic E-state index is 14.7. The van der Waals surface area contributed by atoms with Crippen molar-refractivity contribution in [2.45, 2.75) is 36.6 Å². The highest BCUT2D eigenvalue weighted by Gasteiger charge is 2.47. The lowest BCUT2D eigenvalue weighted by Crippen LogP contribution is -2.62. The van der Waals surface area contributed by atoms with Crippen LogP contribution in [0, 0.1) is 0 Å². The Hall–Kier alpha value is -4.75. The number of aliphatic imine (C=N–C) groups is 1. The third kappa shape index (κ3) is 7.50. The van der Waals surface area contributed by atoms with Crippen LogP contribution in [-0.4, -0.2) is 36.3 Å². The Kier molecular flexibility index (Phi) is 10.6. The minimum absolute atomic E-state index is 0.0426. The molecule has 0 spiro atoms. The van der Waals surface area contributed by atoms with Gasteiger partial charge in [-0.25, -0.2) is 0 Å². The van der Waals surface area contributed by atoms with Gasteiger partial charge in [0.2, 0.25) is 5.91 Å². The Balaban J connectivity index is 1.70. The van der Waals surface area contributed by atoms with Crippen LogP contribution >= 0.6 is 0 Å². The number of hydrogen-bond acceptors (Lipinski definition) is 4. The number of carbonyl (C=O) groups excluding carboxylic acids is 2. The Bertz CT molecular complexity index is 1360. The molecule has 0 bridgehead atoms. The SMILES string of the molecule is NC(=O)[C@](CCCN=C(N)N)(NCCC(c1ccccc1)c1ccccc1)C(=O)C(c1ccccc1)c1ccccc1. The first-order chi connectivity index (χ1) is 20.4. The van der Waals surface area contributed by atoms with Crippen molar-refractivity contribution in [2.24, 2.45) is 22.2 Å². The molecule has 42 heavy (non-hydrogen) atoms. The number of nitrogens with zero attached hydrogens (tertiary/aromatic N) is 1. The van der Waals surface area contributed by atoms with Crippen molar-refractivity contribution >= 4 is 17.6 Å². The van der Waals surface area contributed by atoms with Crippen LogP contribution < -0.4 is 22.5 Å². The maximum atomic E-state index is 14.7. The monoisotopic (exact) mass is 561 g/mol. The van der Waals surface area contributed by atoms with Crippen molar-refractivity contribution in [1.82, 2.24) is 5.32 Å². The van der Waals surface area contributed by atoms with Crippen LogP contribution in [0.15, 0.2) is 126 Å².